The lowest BCUT2D eigenvalue weighted by atomic mass is 9.92. The summed E-state index contributed by atoms with van der Waals surface area (Å²) in [5, 5.41) is 9.25. The van der Waals surface area contributed by atoms with Crippen LogP contribution in [0, 0.1) is 38.5 Å². The fourth-order valence-corrected chi connectivity index (χ4v) is 5.78. The fraction of sp³-hybridized carbons (Fsp3) is 0.632. The standard InChI is InChI=1S/C18H28N2O2.C14H20BrNO.C4H9NO.2CH4/c1-13-10-15(20-6-8-22-9-7-20)11-14(2)17(13)19-16(21)12-18(3,4)5;1-9-6-11(15)7-10(2)13(9)16-12(17)8-14(3,4)5;1-3-6-4-2-5-1;;/h10-11H,6-9,12H2,1-5H3,(H,19,21);6-7H,8H2,1-5H3,(H,16,17);5H,1-4H2;2*1H4. The van der Waals surface area contributed by atoms with Crippen LogP contribution in [0.3, 0.4) is 0 Å². The number of halogens is 1. The highest BCUT2D eigenvalue weighted by Crippen LogP contribution is 2.29. The van der Waals surface area contributed by atoms with E-state index in [1.165, 1.54) is 5.69 Å². The average Bonchev–Trinajstić information content (AvgIpc) is 2.93. The summed E-state index contributed by atoms with van der Waals surface area (Å²) in [6.07, 6.45) is 1.05. The van der Waals surface area contributed by atoms with Crippen molar-refractivity contribution in [1.82, 2.24) is 5.32 Å². The molecule has 2 fully saturated rings. The Morgan fingerprint density at radius 1 is 0.702 bits per heavy atom. The summed E-state index contributed by atoms with van der Waals surface area (Å²) in [5.41, 5.74) is 7.51. The van der Waals surface area contributed by atoms with Gasteiger partial charge in [-0.3, -0.25) is 9.59 Å². The Morgan fingerprint density at radius 3 is 1.38 bits per heavy atom. The molecule has 0 radical (unpaired) electrons. The molecule has 4 rings (SSSR count). The molecule has 2 aromatic rings. The van der Waals surface area contributed by atoms with Crippen LogP contribution in [0.2, 0.25) is 0 Å². The first-order valence-corrected chi connectivity index (χ1v) is 16.8. The van der Waals surface area contributed by atoms with Crippen LogP contribution >= 0.6 is 15.9 Å². The van der Waals surface area contributed by atoms with Crippen LogP contribution in [0.4, 0.5) is 17.1 Å². The summed E-state index contributed by atoms with van der Waals surface area (Å²) in [4.78, 5) is 26.4. The van der Waals surface area contributed by atoms with E-state index in [9.17, 15) is 9.59 Å². The van der Waals surface area contributed by atoms with Gasteiger partial charge in [0, 0.05) is 60.6 Å². The largest absolute Gasteiger partial charge is 0.379 e. The van der Waals surface area contributed by atoms with Crippen molar-refractivity contribution in [2.24, 2.45) is 10.8 Å². The van der Waals surface area contributed by atoms with Crippen molar-refractivity contribution in [3.63, 3.8) is 0 Å². The van der Waals surface area contributed by atoms with E-state index in [4.69, 9.17) is 9.47 Å². The first-order valence-electron chi connectivity index (χ1n) is 16.0. The Bertz CT molecular complexity index is 1200. The van der Waals surface area contributed by atoms with Crippen LogP contribution in [-0.4, -0.2) is 64.4 Å². The fourth-order valence-electron chi connectivity index (χ4n) is 5.10. The van der Waals surface area contributed by atoms with Crippen molar-refractivity contribution in [2.45, 2.75) is 96.9 Å². The molecule has 0 aliphatic carbocycles. The zero-order valence-electron chi connectivity index (χ0n) is 29.3. The highest BCUT2D eigenvalue weighted by atomic mass is 79.9. The second-order valence-electron chi connectivity index (χ2n) is 14.4. The van der Waals surface area contributed by atoms with Crippen LogP contribution in [-0.2, 0) is 19.1 Å². The third-order valence-corrected chi connectivity index (χ3v) is 7.61. The van der Waals surface area contributed by atoms with Crippen LogP contribution < -0.4 is 20.9 Å². The number of hydrogen-bond acceptors (Lipinski definition) is 6. The second-order valence-corrected chi connectivity index (χ2v) is 15.3. The number of ether oxygens (including phenoxy) is 2. The first kappa shape index (κ1) is 44.5. The minimum absolute atomic E-state index is 0. The lowest BCUT2D eigenvalue weighted by Gasteiger charge is -2.30. The van der Waals surface area contributed by atoms with E-state index in [1.54, 1.807) is 0 Å². The minimum atomic E-state index is -0.000363. The predicted molar refractivity (Wildman–Crippen MR) is 205 cm³/mol. The molecule has 2 aliphatic heterocycles. The van der Waals surface area contributed by atoms with Gasteiger partial charge < -0.3 is 30.3 Å². The summed E-state index contributed by atoms with van der Waals surface area (Å²) in [6.45, 7) is 27.8. The molecule has 47 heavy (non-hydrogen) atoms. The summed E-state index contributed by atoms with van der Waals surface area (Å²) in [6, 6.07) is 8.34. The van der Waals surface area contributed by atoms with Crippen LogP contribution in [0.25, 0.3) is 0 Å². The maximum absolute atomic E-state index is 12.2. The van der Waals surface area contributed by atoms with E-state index in [2.05, 4.69) is 104 Å². The molecule has 0 saturated carbocycles. The summed E-state index contributed by atoms with van der Waals surface area (Å²) in [7, 11) is 0. The minimum Gasteiger partial charge on any atom is -0.379 e. The highest BCUT2D eigenvalue weighted by molar-refractivity contribution is 9.10. The van der Waals surface area contributed by atoms with Gasteiger partial charge in [0.2, 0.25) is 11.8 Å². The van der Waals surface area contributed by atoms with Gasteiger partial charge in [-0.2, -0.15) is 0 Å². The number of morpholine rings is 2. The molecule has 0 aromatic heterocycles. The van der Waals surface area contributed by atoms with E-state index in [0.717, 1.165) is 90.7 Å². The van der Waals surface area contributed by atoms with Crippen LogP contribution in [0.1, 0.15) is 91.5 Å². The van der Waals surface area contributed by atoms with Crippen molar-refractivity contribution in [1.29, 1.82) is 0 Å². The molecule has 268 valence electrons. The number of benzene rings is 2. The molecule has 2 aromatic carbocycles. The number of amides is 2. The summed E-state index contributed by atoms with van der Waals surface area (Å²) >= 11 is 3.45. The van der Waals surface area contributed by atoms with Gasteiger partial charge in [-0.05, 0) is 85.0 Å². The third-order valence-electron chi connectivity index (χ3n) is 7.15. The molecule has 8 nitrogen and oxygen atoms in total. The monoisotopic (exact) mass is 720 g/mol. The molecule has 0 unspecified atom stereocenters. The third kappa shape index (κ3) is 17.5. The zero-order valence-corrected chi connectivity index (χ0v) is 30.9. The van der Waals surface area contributed by atoms with Crippen LogP contribution in [0.5, 0.6) is 0 Å². The van der Waals surface area contributed by atoms with Gasteiger partial charge in [0.25, 0.3) is 0 Å². The van der Waals surface area contributed by atoms with Crippen molar-refractivity contribution < 1.29 is 19.1 Å². The maximum Gasteiger partial charge on any atom is 0.224 e. The molecular formula is C38H65BrN4O4. The molecule has 3 N–H and O–H groups in total. The van der Waals surface area contributed by atoms with Gasteiger partial charge in [0.15, 0.2) is 0 Å². The van der Waals surface area contributed by atoms with E-state index in [1.807, 2.05) is 26.0 Å². The Labute approximate surface area is 295 Å². The molecule has 9 heteroatoms. The highest BCUT2D eigenvalue weighted by Gasteiger charge is 2.19. The Hall–Kier alpha value is -2.46. The van der Waals surface area contributed by atoms with E-state index >= 15 is 0 Å². The van der Waals surface area contributed by atoms with Crippen LogP contribution in [0.15, 0.2) is 28.7 Å². The molecule has 0 spiro atoms. The van der Waals surface area contributed by atoms with Gasteiger partial charge >= 0.3 is 0 Å². The average molecular weight is 722 g/mol. The van der Waals surface area contributed by atoms with Gasteiger partial charge in [-0.15, -0.1) is 0 Å². The number of hydrogen-bond donors (Lipinski definition) is 3. The lowest BCUT2D eigenvalue weighted by Crippen LogP contribution is -2.36. The maximum atomic E-state index is 12.2. The number of nitrogens with one attached hydrogen (secondary N) is 3. The van der Waals surface area contributed by atoms with Gasteiger partial charge in [0.05, 0.1) is 26.4 Å². The first-order chi connectivity index (χ1) is 20.9. The van der Waals surface area contributed by atoms with E-state index in [-0.39, 0.29) is 37.5 Å². The second kappa shape index (κ2) is 20.8. The predicted octanol–water partition coefficient (Wildman–Crippen LogP) is 8.83. The molecule has 2 saturated heterocycles. The Morgan fingerprint density at radius 2 is 1.06 bits per heavy atom. The van der Waals surface area contributed by atoms with Crippen molar-refractivity contribution >= 4 is 44.8 Å². The van der Waals surface area contributed by atoms with E-state index in [0.29, 0.717) is 12.8 Å². The molecule has 2 aliphatic rings. The number of nitrogens with zero attached hydrogens (tertiary/aromatic N) is 1. The van der Waals surface area contributed by atoms with Crippen molar-refractivity contribution in [2.75, 3.05) is 68.1 Å². The van der Waals surface area contributed by atoms with Crippen molar-refractivity contribution in [3.05, 3.63) is 51.0 Å². The zero-order chi connectivity index (χ0) is 33.8. The summed E-state index contributed by atoms with van der Waals surface area (Å²) < 4.78 is 11.5. The van der Waals surface area contributed by atoms with E-state index < -0.39 is 0 Å². The Balaban J connectivity index is 0.000000751. The molecule has 0 bridgehead atoms. The number of anilines is 3. The number of rotatable bonds is 5. The number of aryl methyl sites for hydroxylation is 4. The topological polar surface area (TPSA) is 91.9 Å². The van der Waals surface area contributed by atoms with Gasteiger partial charge in [-0.1, -0.05) is 72.3 Å². The quantitative estimate of drug-likeness (QED) is 0.286. The molecular weight excluding hydrogens is 656 g/mol. The SMILES string of the molecule is C.C.C1COCCN1.Cc1cc(Br)cc(C)c1NC(=O)CC(C)(C)C.Cc1cc(N2CCOCC2)cc(C)c1NC(=O)CC(C)(C)C. The molecule has 0 atom stereocenters. The normalized spacial score (nSPS) is 14.6. The number of carbonyl (C=O) groups is 2. The molecule has 2 amide bonds. The van der Waals surface area contributed by atoms with Gasteiger partial charge in [0.1, 0.15) is 0 Å². The summed E-state index contributed by atoms with van der Waals surface area (Å²) in [5.74, 6) is 0.156. The smallest absolute Gasteiger partial charge is 0.224 e. The van der Waals surface area contributed by atoms with Gasteiger partial charge in [-0.25, -0.2) is 0 Å². The lowest BCUT2D eigenvalue weighted by molar-refractivity contribution is -0.118. The molecule has 2 heterocycles. The van der Waals surface area contributed by atoms with Crippen molar-refractivity contribution in [3.8, 4) is 0 Å². The Kier molecular flexibility index (Phi) is 19.7. The number of carbonyl (C=O) groups excluding carboxylic acids is 2.